The highest BCUT2D eigenvalue weighted by Gasteiger charge is 2.15. The summed E-state index contributed by atoms with van der Waals surface area (Å²) in [4.78, 5) is 11.7. The van der Waals surface area contributed by atoms with Crippen LogP contribution in [0, 0.1) is 6.92 Å². The normalized spacial score (nSPS) is 16.1. The molecule has 0 saturated heterocycles. The maximum absolute atomic E-state index is 11.7. The van der Waals surface area contributed by atoms with Crippen LogP contribution in [0.15, 0.2) is 24.3 Å². The minimum atomic E-state index is 0.0424. The van der Waals surface area contributed by atoms with Crippen molar-refractivity contribution in [2.24, 2.45) is 0 Å². The van der Waals surface area contributed by atoms with Gasteiger partial charge in [-0.3, -0.25) is 4.79 Å². The molecule has 0 aliphatic heterocycles. The van der Waals surface area contributed by atoms with Crippen LogP contribution in [-0.4, -0.2) is 18.5 Å². The van der Waals surface area contributed by atoms with Crippen molar-refractivity contribution in [2.75, 3.05) is 11.9 Å². The van der Waals surface area contributed by atoms with Crippen molar-refractivity contribution in [3.63, 3.8) is 0 Å². The molecule has 2 rings (SSSR count). The lowest BCUT2D eigenvalue weighted by atomic mass is 10.2. The van der Waals surface area contributed by atoms with Crippen molar-refractivity contribution in [1.82, 2.24) is 5.32 Å². The lowest BCUT2D eigenvalue weighted by Gasteiger charge is -2.11. The van der Waals surface area contributed by atoms with E-state index in [0.29, 0.717) is 12.6 Å². The molecule has 0 atom stereocenters. The van der Waals surface area contributed by atoms with Gasteiger partial charge in [-0.05, 0) is 31.9 Å². The molecule has 1 aromatic carbocycles. The molecule has 0 spiro atoms. The summed E-state index contributed by atoms with van der Waals surface area (Å²) in [5.41, 5.74) is 2.07. The van der Waals surface area contributed by atoms with Crippen LogP contribution in [0.5, 0.6) is 0 Å². The average Bonchev–Trinajstić information content (AvgIpc) is 2.83. The Labute approximate surface area is 103 Å². The summed E-state index contributed by atoms with van der Waals surface area (Å²) in [6.07, 6.45) is 4.99. The second kappa shape index (κ2) is 5.82. The van der Waals surface area contributed by atoms with E-state index in [1.165, 1.54) is 31.2 Å². The summed E-state index contributed by atoms with van der Waals surface area (Å²) in [7, 11) is 0. The number of carbonyl (C=O) groups is 1. The Morgan fingerprint density at radius 3 is 2.53 bits per heavy atom. The number of hydrogen-bond donors (Lipinski definition) is 2. The molecule has 1 aliphatic rings. The van der Waals surface area contributed by atoms with Gasteiger partial charge in [0.15, 0.2) is 0 Å². The Morgan fingerprint density at radius 1 is 1.24 bits per heavy atom. The van der Waals surface area contributed by atoms with E-state index in [1.54, 1.807) is 0 Å². The zero-order chi connectivity index (χ0) is 12.1. The minimum absolute atomic E-state index is 0.0424. The van der Waals surface area contributed by atoms with Crippen LogP contribution in [0.2, 0.25) is 0 Å². The Kier molecular flexibility index (Phi) is 4.15. The largest absolute Gasteiger partial charge is 0.325 e. The molecule has 1 aromatic rings. The SMILES string of the molecule is Cc1ccc(NC(=O)CNC2CCCC2)cc1. The molecule has 92 valence electrons. The van der Waals surface area contributed by atoms with Crippen molar-refractivity contribution < 1.29 is 4.79 Å². The predicted molar refractivity (Wildman–Crippen MR) is 70.1 cm³/mol. The molecule has 0 bridgehead atoms. The number of amides is 1. The first kappa shape index (κ1) is 12.1. The van der Waals surface area contributed by atoms with Crippen LogP contribution in [0.4, 0.5) is 5.69 Å². The van der Waals surface area contributed by atoms with Crippen molar-refractivity contribution >= 4 is 11.6 Å². The summed E-state index contributed by atoms with van der Waals surface area (Å²) in [6, 6.07) is 8.41. The van der Waals surface area contributed by atoms with E-state index in [4.69, 9.17) is 0 Å². The molecule has 0 radical (unpaired) electrons. The third-order valence-electron chi connectivity index (χ3n) is 3.24. The molecule has 2 N–H and O–H groups in total. The van der Waals surface area contributed by atoms with Crippen LogP contribution in [0.3, 0.4) is 0 Å². The molecule has 1 aliphatic carbocycles. The number of anilines is 1. The average molecular weight is 232 g/mol. The quantitative estimate of drug-likeness (QED) is 0.837. The summed E-state index contributed by atoms with van der Waals surface area (Å²) in [5, 5.41) is 6.19. The topological polar surface area (TPSA) is 41.1 Å². The standard InChI is InChI=1S/C14H20N2O/c1-11-6-8-13(9-7-11)16-14(17)10-15-12-4-2-3-5-12/h6-9,12,15H,2-5,10H2,1H3,(H,16,17). The number of rotatable bonds is 4. The van der Waals surface area contributed by atoms with E-state index in [-0.39, 0.29) is 5.91 Å². The third-order valence-corrected chi connectivity index (χ3v) is 3.24. The molecule has 0 heterocycles. The van der Waals surface area contributed by atoms with E-state index < -0.39 is 0 Å². The molecule has 3 nitrogen and oxygen atoms in total. The van der Waals surface area contributed by atoms with Gasteiger partial charge in [0, 0.05) is 11.7 Å². The molecule has 0 unspecified atom stereocenters. The highest BCUT2D eigenvalue weighted by atomic mass is 16.1. The van der Waals surface area contributed by atoms with Crippen molar-refractivity contribution in [3.05, 3.63) is 29.8 Å². The van der Waals surface area contributed by atoms with Gasteiger partial charge in [-0.15, -0.1) is 0 Å². The zero-order valence-electron chi connectivity index (χ0n) is 10.3. The number of carbonyl (C=O) groups excluding carboxylic acids is 1. The maximum Gasteiger partial charge on any atom is 0.238 e. The smallest absolute Gasteiger partial charge is 0.238 e. The first-order chi connectivity index (χ1) is 8.24. The van der Waals surface area contributed by atoms with Crippen LogP contribution in [0.1, 0.15) is 31.2 Å². The molecule has 17 heavy (non-hydrogen) atoms. The first-order valence-corrected chi connectivity index (χ1v) is 6.34. The summed E-state index contributed by atoms with van der Waals surface area (Å²) < 4.78 is 0. The number of nitrogens with one attached hydrogen (secondary N) is 2. The molecule has 1 saturated carbocycles. The number of benzene rings is 1. The molecular weight excluding hydrogens is 212 g/mol. The number of aryl methyl sites for hydroxylation is 1. The fourth-order valence-corrected chi connectivity index (χ4v) is 2.21. The Hall–Kier alpha value is -1.35. The summed E-state index contributed by atoms with van der Waals surface area (Å²) >= 11 is 0. The van der Waals surface area contributed by atoms with Crippen molar-refractivity contribution in [2.45, 2.75) is 38.6 Å². The van der Waals surface area contributed by atoms with E-state index in [0.717, 1.165) is 5.69 Å². The molecular formula is C14H20N2O. The predicted octanol–water partition coefficient (Wildman–Crippen LogP) is 2.47. The van der Waals surface area contributed by atoms with E-state index in [1.807, 2.05) is 31.2 Å². The Morgan fingerprint density at radius 2 is 1.88 bits per heavy atom. The van der Waals surface area contributed by atoms with Gasteiger partial charge < -0.3 is 10.6 Å². The van der Waals surface area contributed by atoms with Gasteiger partial charge in [0.25, 0.3) is 0 Å². The second-order valence-electron chi connectivity index (χ2n) is 4.78. The maximum atomic E-state index is 11.7. The van der Waals surface area contributed by atoms with Gasteiger partial charge in [-0.2, -0.15) is 0 Å². The van der Waals surface area contributed by atoms with Gasteiger partial charge in [0.1, 0.15) is 0 Å². The highest BCUT2D eigenvalue weighted by molar-refractivity contribution is 5.92. The third kappa shape index (κ3) is 3.86. The number of hydrogen-bond acceptors (Lipinski definition) is 2. The van der Waals surface area contributed by atoms with Crippen molar-refractivity contribution in [3.8, 4) is 0 Å². The summed E-state index contributed by atoms with van der Waals surface area (Å²) in [5.74, 6) is 0.0424. The molecule has 3 heteroatoms. The van der Waals surface area contributed by atoms with Crippen LogP contribution >= 0.6 is 0 Å². The Bertz CT molecular complexity index is 366. The minimum Gasteiger partial charge on any atom is -0.325 e. The Balaban J connectivity index is 1.74. The lowest BCUT2D eigenvalue weighted by Crippen LogP contribution is -2.34. The monoisotopic (exact) mass is 232 g/mol. The van der Waals surface area contributed by atoms with E-state index in [9.17, 15) is 4.79 Å². The molecule has 0 aromatic heterocycles. The fraction of sp³-hybridized carbons (Fsp3) is 0.500. The van der Waals surface area contributed by atoms with Crippen LogP contribution in [0.25, 0.3) is 0 Å². The highest BCUT2D eigenvalue weighted by Crippen LogP contribution is 2.17. The van der Waals surface area contributed by atoms with E-state index in [2.05, 4.69) is 10.6 Å². The molecule has 1 amide bonds. The van der Waals surface area contributed by atoms with Crippen LogP contribution in [-0.2, 0) is 4.79 Å². The summed E-state index contributed by atoms with van der Waals surface area (Å²) in [6.45, 7) is 2.45. The molecule has 1 fully saturated rings. The van der Waals surface area contributed by atoms with Gasteiger partial charge in [-0.1, -0.05) is 30.5 Å². The zero-order valence-corrected chi connectivity index (χ0v) is 10.3. The lowest BCUT2D eigenvalue weighted by molar-refractivity contribution is -0.115. The van der Waals surface area contributed by atoms with Gasteiger partial charge in [0.05, 0.1) is 6.54 Å². The van der Waals surface area contributed by atoms with Gasteiger partial charge >= 0.3 is 0 Å². The van der Waals surface area contributed by atoms with Crippen molar-refractivity contribution in [1.29, 1.82) is 0 Å². The van der Waals surface area contributed by atoms with Gasteiger partial charge in [-0.25, -0.2) is 0 Å². The van der Waals surface area contributed by atoms with Gasteiger partial charge in [0.2, 0.25) is 5.91 Å². The van der Waals surface area contributed by atoms with Crippen LogP contribution < -0.4 is 10.6 Å². The van der Waals surface area contributed by atoms with E-state index >= 15 is 0 Å². The second-order valence-corrected chi connectivity index (χ2v) is 4.78. The fourth-order valence-electron chi connectivity index (χ4n) is 2.21. The first-order valence-electron chi connectivity index (χ1n) is 6.34.